The third-order valence-electron chi connectivity index (χ3n) is 2.56. The molecule has 98 valence electrons. The van der Waals surface area contributed by atoms with E-state index in [-0.39, 0.29) is 18.2 Å². The molecular formula is C12H16N2O4. The van der Waals surface area contributed by atoms with E-state index in [9.17, 15) is 14.9 Å². The molecule has 6 nitrogen and oxygen atoms in total. The molecule has 0 aromatic heterocycles. The maximum Gasteiger partial charge on any atom is 0.305 e. The van der Waals surface area contributed by atoms with Crippen molar-refractivity contribution in [1.29, 1.82) is 0 Å². The lowest BCUT2D eigenvalue weighted by molar-refractivity contribution is -0.384. The Bertz CT molecular complexity index is 445. The van der Waals surface area contributed by atoms with Gasteiger partial charge >= 0.3 is 5.97 Å². The Morgan fingerprint density at radius 1 is 1.50 bits per heavy atom. The summed E-state index contributed by atoms with van der Waals surface area (Å²) in [7, 11) is 0. The highest BCUT2D eigenvalue weighted by Crippen LogP contribution is 2.22. The number of benzene rings is 1. The van der Waals surface area contributed by atoms with Crippen molar-refractivity contribution >= 4 is 17.3 Å². The molecule has 0 saturated heterocycles. The number of nitro groups is 1. The fraction of sp³-hybridized carbons (Fsp3) is 0.417. The van der Waals surface area contributed by atoms with Crippen LogP contribution in [-0.2, 0) is 4.79 Å². The molecule has 0 bridgehead atoms. The van der Waals surface area contributed by atoms with Crippen molar-refractivity contribution < 1.29 is 14.8 Å². The van der Waals surface area contributed by atoms with Gasteiger partial charge in [0.2, 0.25) is 0 Å². The summed E-state index contributed by atoms with van der Waals surface area (Å²) in [5.74, 6) is -0.883. The molecule has 18 heavy (non-hydrogen) atoms. The van der Waals surface area contributed by atoms with Gasteiger partial charge in [0.1, 0.15) is 0 Å². The first-order valence-corrected chi connectivity index (χ1v) is 5.64. The minimum Gasteiger partial charge on any atom is -0.481 e. The van der Waals surface area contributed by atoms with Gasteiger partial charge in [-0.15, -0.1) is 0 Å². The summed E-state index contributed by atoms with van der Waals surface area (Å²) in [4.78, 5) is 22.7. The summed E-state index contributed by atoms with van der Waals surface area (Å²) in [5, 5.41) is 19.4. The molecular weight excluding hydrogens is 236 g/mol. The van der Waals surface area contributed by atoms with Crippen LogP contribution in [0.2, 0.25) is 0 Å². The van der Waals surface area contributed by atoms with E-state index in [2.05, 4.69) is 0 Å². The van der Waals surface area contributed by atoms with Crippen LogP contribution in [0.5, 0.6) is 0 Å². The van der Waals surface area contributed by atoms with Gasteiger partial charge in [0.15, 0.2) is 0 Å². The molecule has 1 rings (SSSR count). The van der Waals surface area contributed by atoms with Crippen LogP contribution in [0.15, 0.2) is 24.3 Å². The average Bonchev–Trinajstić information content (AvgIpc) is 2.28. The number of carbonyl (C=O) groups is 1. The van der Waals surface area contributed by atoms with Crippen LogP contribution in [0, 0.1) is 10.1 Å². The predicted octanol–water partition coefficient (Wildman–Crippen LogP) is 2.28. The van der Waals surface area contributed by atoms with Gasteiger partial charge in [0.25, 0.3) is 5.69 Å². The monoisotopic (exact) mass is 252 g/mol. The van der Waals surface area contributed by atoms with Crippen molar-refractivity contribution in [3.05, 3.63) is 34.4 Å². The van der Waals surface area contributed by atoms with Crippen molar-refractivity contribution in [2.45, 2.75) is 26.3 Å². The minimum absolute atomic E-state index is 0.000865. The number of aliphatic carboxylic acids is 1. The summed E-state index contributed by atoms with van der Waals surface area (Å²) < 4.78 is 0. The molecule has 1 N–H and O–H groups in total. The molecule has 1 aromatic carbocycles. The van der Waals surface area contributed by atoms with E-state index in [4.69, 9.17) is 5.11 Å². The quantitative estimate of drug-likeness (QED) is 0.620. The van der Waals surface area contributed by atoms with Crippen LogP contribution in [0.4, 0.5) is 11.4 Å². The van der Waals surface area contributed by atoms with Crippen molar-refractivity contribution in [3.8, 4) is 0 Å². The van der Waals surface area contributed by atoms with Gasteiger partial charge in [-0.3, -0.25) is 14.9 Å². The van der Waals surface area contributed by atoms with E-state index in [1.54, 1.807) is 12.1 Å². The smallest absolute Gasteiger partial charge is 0.305 e. The number of hydrogen-bond donors (Lipinski definition) is 1. The molecule has 0 amide bonds. The summed E-state index contributed by atoms with van der Waals surface area (Å²) in [5.41, 5.74) is 0.675. The number of hydrogen-bond acceptors (Lipinski definition) is 4. The van der Waals surface area contributed by atoms with Crippen LogP contribution < -0.4 is 4.90 Å². The highest BCUT2D eigenvalue weighted by molar-refractivity contribution is 5.68. The highest BCUT2D eigenvalue weighted by Gasteiger charge is 2.15. The van der Waals surface area contributed by atoms with Crippen molar-refractivity contribution in [2.75, 3.05) is 11.4 Å². The second-order valence-corrected chi connectivity index (χ2v) is 4.21. The van der Waals surface area contributed by atoms with Crippen LogP contribution in [-0.4, -0.2) is 28.6 Å². The Kier molecular flexibility index (Phi) is 4.65. The SMILES string of the molecule is CC(C)N(CCC(=O)O)c1cccc([N+](=O)[O-])c1. The number of nitro benzene ring substituents is 1. The van der Waals surface area contributed by atoms with E-state index >= 15 is 0 Å². The van der Waals surface area contributed by atoms with Gasteiger partial charge in [-0.25, -0.2) is 0 Å². The molecule has 0 fully saturated rings. The Morgan fingerprint density at radius 2 is 2.17 bits per heavy atom. The topological polar surface area (TPSA) is 83.7 Å². The molecule has 0 spiro atoms. The number of non-ortho nitro benzene ring substituents is 1. The van der Waals surface area contributed by atoms with Gasteiger partial charge in [0, 0.05) is 30.4 Å². The second-order valence-electron chi connectivity index (χ2n) is 4.21. The standard InChI is InChI=1S/C12H16N2O4/c1-9(2)13(7-6-12(15)16)10-4-3-5-11(8-10)14(17)18/h3-5,8-9H,6-7H2,1-2H3,(H,15,16). The fourth-order valence-electron chi connectivity index (χ4n) is 1.69. The summed E-state index contributed by atoms with van der Waals surface area (Å²) in [6.07, 6.45) is 0.000865. The predicted molar refractivity (Wildman–Crippen MR) is 67.8 cm³/mol. The molecule has 6 heteroatoms. The van der Waals surface area contributed by atoms with Crippen molar-refractivity contribution in [3.63, 3.8) is 0 Å². The third-order valence-corrected chi connectivity index (χ3v) is 2.56. The molecule has 0 atom stereocenters. The lowest BCUT2D eigenvalue weighted by atomic mass is 10.2. The number of nitrogens with zero attached hydrogens (tertiary/aromatic N) is 2. The van der Waals surface area contributed by atoms with Gasteiger partial charge in [-0.2, -0.15) is 0 Å². The molecule has 0 radical (unpaired) electrons. The fourth-order valence-corrected chi connectivity index (χ4v) is 1.69. The first-order valence-electron chi connectivity index (χ1n) is 5.64. The maximum absolute atomic E-state index is 10.7. The van der Waals surface area contributed by atoms with Crippen LogP contribution in [0.1, 0.15) is 20.3 Å². The van der Waals surface area contributed by atoms with Gasteiger partial charge in [-0.05, 0) is 19.9 Å². The second kappa shape index (κ2) is 6.00. The molecule has 0 aliphatic rings. The maximum atomic E-state index is 10.7. The molecule has 0 aliphatic heterocycles. The van der Waals surface area contributed by atoms with Gasteiger partial charge in [0.05, 0.1) is 11.3 Å². The van der Waals surface area contributed by atoms with E-state index in [1.165, 1.54) is 12.1 Å². The summed E-state index contributed by atoms with van der Waals surface area (Å²) in [6.45, 7) is 4.16. The number of carboxylic acid groups (broad SMARTS) is 1. The van der Waals surface area contributed by atoms with Crippen molar-refractivity contribution in [2.24, 2.45) is 0 Å². The zero-order chi connectivity index (χ0) is 13.7. The Balaban J connectivity index is 2.94. The minimum atomic E-state index is -0.883. The van der Waals surface area contributed by atoms with E-state index in [1.807, 2.05) is 18.7 Å². The molecule has 0 unspecified atom stereocenters. The molecule has 0 saturated carbocycles. The number of anilines is 1. The average molecular weight is 252 g/mol. The summed E-state index contributed by atoms with van der Waals surface area (Å²) >= 11 is 0. The normalized spacial score (nSPS) is 10.4. The van der Waals surface area contributed by atoms with Crippen molar-refractivity contribution in [1.82, 2.24) is 0 Å². The van der Waals surface area contributed by atoms with Gasteiger partial charge in [-0.1, -0.05) is 6.07 Å². The lowest BCUT2D eigenvalue weighted by Crippen LogP contribution is -2.32. The Morgan fingerprint density at radius 3 is 2.67 bits per heavy atom. The number of carboxylic acids is 1. The lowest BCUT2D eigenvalue weighted by Gasteiger charge is -2.28. The molecule has 0 aliphatic carbocycles. The third kappa shape index (κ3) is 3.73. The molecule has 1 aromatic rings. The van der Waals surface area contributed by atoms with E-state index in [0.29, 0.717) is 12.2 Å². The zero-order valence-electron chi connectivity index (χ0n) is 10.4. The largest absolute Gasteiger partial charge is 0.481 e. The Labute approximate surface area is 105 Å². The van der Waals surface area contributed by atoms with Gasteiger partial charge < -0.3 is 10.0 Å². The highest BCUT2D eigenvalue weighted by atomic mass is 16.6. The van der Waals surface area contributed by atoms with Crippen LogP contribution in [0.25, 0.3) is 0 Å². The zero-order valence-corrected chi connectivity index (χ0v) is 10.4. The first-order chi connectivity index (χ1) is 8.41. The molecule has 0 heterocycles. The Hall–Kier alpha value is -2.11. The van der Waals surface area contributed by atoms with E-state index in [0.717, 1.165) is 0 Å². The van der Waals surface area contributed by atoms with Crippen LogP contribution >= 0.6 is 0 Å². The summed E-state index contributed by atoms with van der Waals surface area (Å²) in [6, 6.07) is 6.30. The number of rotatable bonds is 6. The van der Waals surface area contributed by atoms with E-state index < -0.39 is 10.9 Å². The first kappa shape index (κ1) is 14.0. The van der Waals surface area contributed by atoms with Crippen LogP contribution in [0.3, 0.4) is 0 Å².